The average molecular weight is 232 g/mol. The van der Waals surface area contributed by atoms with Gasteiger partial charge in [-0.3, -0.25) is 4.79 Å². The first-order valence-corrected chi connectivity index (χ1v) is 6.02. The number of thiophene rings is 1. The van der Waals surface area contributed by atoms with Gasteiger partial charge in [0.2, 0.25) is 0 Å². The number of alkyl halides is 1. The molecule has 14 heavy (non-hydrogen) atoms. The van der Waals surface area contributed by atoms with Gasteiger partial charge in [0.05, 0.1) is 0 Å². The van der Waals surface area contributed by atoms with Crippen molar-refractivity contribution in [2.45, 2.75) is 19.9 Å². The van der Waals surface area contributed by atoms with Crippen LogP contribution >= 0.6 is 22.9 Å². The van der Waals surface area contributed by atoms with Crippen molar-refractivity contribution >= 4 is 28.8 Å². The van der Waals surface area contributed by atoms with Crippen molar-refractivity contribution in [1.29, 1.82) is 0 Å². The van der Waals surface area contributed by atoms with E-state index in [0.717, 1.165) is 0 Å². The Bertz CT molecular complexity index is 284. The van der Waals surface area contributed by atoms with Crippen LogP contribution in [0.5, 0.6) is 0 Å². The summed E-state index contributed by atoms with van der Waals surface area (Å²) in [6.07, 6.45) is 0. The highest BCUT2D eigenvalue weighted by molar-refractivity contribution is 7.08. The van der Waals surface area contributed by atoms with Crippen molar-refractivity contribution in [3.05, 3.63) is 22.4 Å². The Morgan fingerprint density at radius 3 is 2.79 bits per heavy atom. The fourth-order valence-electron chi connectivity index (χ4n) is 1.03. The van der Waals surface area contributed by atoms with Crippen LogP contribution in [0.25, 0.3) is 0 Å². The van der Waals surface area contributed by atoms with E-state index in [9.17, 15) is 4.79 Å². The normalized spacial score (nSPS) is 12.9. The zero-order valence-corrected chi connectivity index (χ0v) is 9.86. The van der Waals surface area contributed by atoms with Crippen LogP contribution in [0, 0.1) is 5.92 Å². The zero-order chi connectivity index (χ0) is 10.6. The number of hydrogen-bond acceptors (Lipinski definition) is 2. The summed E-state index contributed by atoms with van der Waals surface area (Å²) in [5, 5.41) is 6.63. The lowest BCUT2D eigenvalue weighted by Gasteiger charge is -2.19. The van der Waals surface area contributed by atoms with E-state index in [1.54, 1.807) is 0 Å². The summed E-state index contributed by atoms with van der Waals surface area (Å²) < 4.78 is 0. The molecule has 0 saturated carbocycles. The molecule has 0 aliphatic rings. The number of carbonyl (C=O) groups is 1. The molecule has 1 aromatic heterocycles. The topological polar surface area (TPSA) is 29.1 Å². The smallest absolute Gasteiger partial charge is 0.252 e. The summed E-state index contributed by atoms with van der Waals surface area (Å²) in [4.78, 5) is 11.6. The molecule has 2 nitrogen and oxygen atoms in total. The summed E-state index contributed by atoms with van der Waals surface area (Å²) in [6, 6.07) is 1.86. The first-order valence-electron chi connectivity index (χ1n) is 4.54. The van der Waals surface area contributed by atoms with Gasteiger partial charge in [0, 0.05) is 22.9 Å². The standard InChI is InChI=1S/C10H14ClNOS/c1-7(2)9(5-11)12-10(13)8-3-4-14-6-8/h3-4,6-7,9H,5H2,1-2H3,(H,12,13). The second kappa shape index (κ2) is 5.37. The third-order valence-corrected chi connectivity index (χ3v) is 3.09. The fourth-order valence-corrected chi connectivity index (χ4v) is 2.10. The monoisotopic (exact) mass is 231 g/mol. The van der Waals surface area contributed by atoms with E-state index in [1.807, 2.05) is 30.7 Å². The van der Waals surface area contributed by atoms with Crippen LogP contribution in [-0.4, -0.2) is 17.8 Å². The fraction of sp³-hybridized carbons (Fsp3) is 0.500. The Balaban J connectivity index is 2.56. The Labute approximate surface area is 93.3 Å². The van der Waals surface area contributed by atoms with Crippen molar-refractivity contribution in [3.63, 3.8) is 0 Å². The van der Waals surface area contributed by atoms with Gasteiger partial charge in [-0.2, -0.15) is 11.3 Å². The van der Waals surface area contributed by atoms with E-state index in [1.165, 1.54) is 11.3 Å². The first kappa shape index (κ1) is 11.5. The molecule has 1 rings (SSSR count). The van der Waals surface area contributed by atoms with Gasteiger partial charge in [0.25, 0.3) is 5.91 Å². The predicted molar refractivity (Wildman–Crippen MR) is 61.1 cm³/mol. The van der Waals surface area contributed by atoms with Crippen LogP contribution in [0.3, 0.4) is 0 Å². The molecule has 1 amide bonds. The lowest BCUT2D eigenvalue weighted by Crippen LogP contribution is -2.39. The largest absolute Gasteiger partial charge is 0.348 e. The van der Waals surface area contributed by atoms with Crippen molar-refractivity contribution < 1.29 is 4.79 Å². The number of hydrogen-bond donors (Lipinski definition) is 1. The molecule has 1 aromatic rings. The summed E-state index contributed by atoms with van der Waals surface area (Å²) in [5.41, 5.74) is 0.714. The van der Waals surface area contributed by atoms with Crippen LogP contribution in [0.2, 0.25) is 0 Å². The minimum absolute atomic E-state index is 0.0365. The molecule has 0 aromatic carbocycles. The van der Waals surface area contributed by atoms with Gasteiger partial charge < -0.3 is 5.32 Å². The summed E-state index contributed by atoms with van der Waals surface area (Å²) in [7, 11) is 0. The van der Waals surface area contributed by atoms with Gasteiger partial charge >= 0.3 is 0 Å². The number of halogens is 1. The summed E-state index contributed by atoms with van der Waals surface area (Å²) in [5.74, 6) is 0.772. The molecule has 0 radical (unpaired) electrons. The van der Waals surface area contributed by atoms with Gasteiger partial charge in [-0.05, 0) is 17.4 Å². The maximum atomic E-state index is 11.6. The van der Waals surface area contributed by atoms with Gasteiger partial charge in [-0.1, -0.05) is 13.8 Å². The lowest BCUT2D eigenvalue weighted by atomic mass is 10.1. The maximum absolute atomic E-state index is 11.6. The second-order valence-corrected chi connectivity index (χ2v) is 4.58. The molecule has 0 aliphatic carbocycles. The molecule has 4 heteroatoms. The zero-order valence-electron chi connectivity index (χ0n) is 8.29. The Hall–Kier alpha value is -0.540. The van der Waals surface area contributed by atoms with E-state index in [2.05, 4.69) is 5.32 Å². The van der Waals surface area contributed by atoms with Crippen LogP contribution in [0.4, 0.5) is 0 Å². The highest BCUT2D eigenvalue weighted by Crippen LogP contribution is 2.08. The van der Waals surface area contributed by atoms with E-state index < -0.39 is 0 Å². The Kier molecular flexibility index (Phi) is 4.42. The van der Waals surface area contributed by atoms with Crippen LogP contribution in [0.15, 0.2) is 16.8 Å². The molecule has 0 fully saturated rings. The van der Waals surface area contributed by atoms with Gasteiger partial charge in [0.15, 0.2) is 0 Å². The minimum Gasteiger partial charge on any atom is -0.348 e. The molecule has 1 heterocycles. The molecule has 78 valence electrons. The van der Waals surface area contributed by atoms with Crippen molar-refractivity contribution in [1.82, 2.24) is 5.32 Å². The molecule has 1 N–H and O–H groups in total. The molecule has 0 aliphatic heterocycles. The molecular weight excluding hydrogens is 218 g/mol. The van der Waals surface area contributed by atoms with E-state index >= 15 is 0 Å². The molecular formula is C10H14ClNOS. The SMILES string of the molecule is CC(C)C(CCl)NC(=O)c1ccsc1. The van der Waals surface area contributed by atoms with Crippen molar-refractivity contribution in [2.24, 2.45) is 5.92 Å². The highest BCUT2D eigenvalue weighted by Gasteiger charge is 2.15. The third-order valence-electron chi connectivity index (χ3n) is 2.07. The highest BCUT2D eigenvalue weighted by atomic mass is 35.5. The molecule has 1 unspecified atom stereocenters. The van der Waals surface area contributed by atoms with Gasteiger partial charge in [-0.15, -0.1) is 11.6 Å². The number of carbonyl (C=O) groups excluding carboxylic acids is 1. The summed E-state index contributed by atoms with van der Waals surface area (Å²) >= 11 is 7.27. The predicted octanol–water partition coefficient (Wildman–Crippen LogP) is 2.74. The van der Waals surface area contributed by atoms with E-state index in [-0.39, 0.29) is 11.9 Å². The van der Waals surface area contributed by atoms with Crippen LogP contribution < -0.4 is 5.32 Å². The first-order chi connectivity index (χ1) is 6.65. The Morgan fingerprint density at radius 2 is 2.36 bits per heavy atom. The number of rotatable bonds is 4. The summed E-state index contributed by atoms with van der Waals surface area (Å²) in [6.45, 7) is 4.09. The molecule has 1 atom stereocenters. The quantitative estimate of drug-likeness (QED) is 0.794. The van der Waals surface area contributed by atoms with Crippen molar-refractivity contribution in [2.75, 3.05) is 5.88 Å². The molecule has 0 spiro atoms. The molecule has 0 bridgehead atoms. The Morgan fingerprint density at radius 1 is 1.64 bits per heavy atom. The number of nitrogens with one attached hydrogen (secondary N) is 1. The third kappa shape index (κ3) is 3.00. The van der Waals surface area contributed by atoms with E-state index in [4.69, 9.17) is 11.6 Å². The van der Waals surface area contributed by atoms with Gasteiger partial charge in [-0.25, -0.2) is 0 Å². The number of amides is 1. The van der Waals surface area contributed by atoms with E-state index in [0.29, 0.717) is 17.4 Å². The minimum atomic E-state index is -0.0365. The second-order valence-electron chi connectivity index (χ2n) is 3.49. The van der Waals surface area contributed by atoms with Crippen LogP contribution in [-0.2, 0) is 0 Å². The maximum Gasteiger partial charge on any atom is 0.252 e. The van der Waals surface area contributed by atoms with Crippen molar-refractivity contribution in [3.8, 4) is 0 Å². The van der Waals surface area contributed by atoms with Crippen LogP contribution in [0.1, 0.15) is 24.2 Å². The average Bonchev–Trinajstić information content (AvgIpc) is 2.65. The molecule has 0 saturated heterocycles. The van der Waals surface area contributed by atoms with Gasteiger partial charge in [0.1, 0.15) is 0 Å². The lowest BCUT2D eigenvalue weighted by molar-refractivity contribution is 0.0931.